The van der Waals surface area contributed by atoms with Gasteiger partial charge in [-0.25, -0.2) is 0 Å². The summed E-state index contributed by atoms with van der Waals surface area (Å²) in [5.41, 5.74) is 0.446. The fourth-order valence-electron chi connectivity index (χ4n) is 2.96. The first-order valence-electron chi connectivity index (χ1n) is 7.28. The van der Waals surface area contributed by atoms with Gasteiger partial charge in [-0.05, 0) is 66.4 Å². The van der Waals surface area contributed by atoms with Gasteiger partial charge in [-0.2, -0.15) is 0 Å². The molecule has 0 bridgehead atoms. The normalized spacial score (nSPS) is 22.3. The Hall–Kier alpha value is -0.580. The third-order valence-corrected chi connectivity index (χ3v) is 4.52. The minimum absolute atomic E-state index is 0.445. The molecule has 112 valence electrons. The van der Waals surface area contributed by atoms with Gasteiger partial charge in [-0.3, -0.25) is 0 Å². The van der Waals surface area contributed by atoms with Gasteiger partial charge in [-0.1, -0.05) is 12.5 Å². The zero-order valence-corrected chi connectivity index (χ0v) is 13.9. The number of halogens is 1. The molecule has 1 aliphatic heterocycles. The van der Waals surface area contributed by atoms with E-state index < -0.39 is 5.60 Å². The lowest BCUT2D eigenvalue weighted by molar-refractivity contribution is 0.0371. The Bertz CT molecular complexity index is 442. The molecule has 1 fully saturated rings. The molecule has 1 heterocycles. The lowest BCUT2D eigenvalue weighted by Gasteiger charge is -2.31. The summed E-state index contributed by atoms with van der Waals surface area (Å²) in [6.07, 6.45) is 5.15. The molecule has 0 aromatic heterocycles. The van der Waals surface area contributed by atoms with Crippen molar-refractivity contribution < 1.29 is 9.84 Å². The Labute approximate surface area is 129 Å². The molecule has 0 saturated carbocycles. The van der Waals surface area contributed by atoms with E-state index in [1.54, 1.807) is 7.11 Å². The molecule has 20 heavy (non-hydrogen) atoms. The number of benzene rings is 1. The van der Waals surface area contributed by atoms with E-state index in [2.05, 4.69) is 21.2 Å². The summed E-state index contributed by atoms with van der Waals surface area (Å²) in [4.78, 5) is 0. The molecular formula is C16H24BrNO2. The molecular weight excluding hydrogens is 318 g/mol. The summed E-state index contributed by atoms with van der Waals surface area (Å²) in [5.74, 6) is 0.822. The topological polar surface area (TPSA) is 41.5 Å². The summed E-state index contributed by atoms with van der Waals surface area (Å²) in [5, 5.41) is 14.2. The van der Waals surface area contributed by atoms with Crippen molar-refractivity contribution in [3.8, 4) is 5.75 Å². The monoisotopic (exact) mass is 341 g/mol. The second-order valence-electron chi connectivity index (χ2n) is 5.99. The van der Waals surface area contributed by atoms with E-state index >= 15 is 0 Å². The molecule has 1 saturated heterocycles. The van der Waals surface area contributed by atoms with Crippen molar-refractivity contribution in [3.05, 3.63) is 28.2 Å². The van der Waals surface area contributed by atoms with Gasteiger partial charge in [0.15, 0.2) is 0 Å². The van der Waals surface area contributed by atoms with Gasteiger partial charge >= 0.3 is 0 Å². The average molecular weight is 342 g/mol. The highest BCUT2D eigenvalue weighted by Gasteiger charge is 2.26. The predicted molar refractivity (Wildman–Crippen MR) is 85.3 cm³/mol. The van der Waals surface area contributed by atoms with Crippen LogP contribution in [-0.2, 0) is 6.42 Å². The summed E-state index contributed by atoms with van der Waals surface area (Å²) in [6, 6.07) is 6.43. The first kappa shape index (κ1) is 15.8. The van der Waals surface area contributed by atoms with Gasteiger partial charge in [0.1, 0.15) is 5.75 Å². The Morgan fingerprint density at radius 2 is 2.25 bits per heavy atom. The van der Waals surface area contributed by atoms with Crippen LogP contribution in [0.3, 0.4) is 0 Å². The summed E-state index contributed by atoms with van der Waals surface area (Å²) < 4.78 is 6.17. The van der Waals surface area contributed by atoms with Crippen LogP contribution in [-0.4, -0.2) is 30.4 Å². The highest BCUT2D eigenvalue weighted by Crippen LogP contribution is 2.28. The number of piperidine rings is 1. The maximum Gasteiger partial charge on any atom is 0.133 e. The van der Waals surface area contributed by atoms with Crippen LogP contribution in [0.1, 0.15) is 38.2 Å². The minimum Gasteiger partial charge on any atom is -0.496 e. The quantitative estimate of drug-likeness (QED) is 0.863. The number of nitrogens with one attached hydrogen (secondary N) is 1. The first-order valence-corrected chi connectivity index (χ1v) is 8.08. The van der Waals surface area contributed by atoms with Gasteiger partial charge in [0.2, 0.25) is 0 Å². The van der Waals surface area contributed by atoms with Gasteiger partial charge in [0.25, 0.3) is 0 Å². The third kappa shape index (κ3) is 4.47. The molecule has 2 rings (SSSR count). The van der Waals surface area contributed by atoms with E-state index in [9.17, 15) is 5.11 Å². The van der Waals surface area contributed by atoms with Crippen molar-refractivity contribution >= 4 is 15.9 Å². The SMILES string of the molecule is COc1ccc(CC(C)(O)CC2CCCCN2)cc1Br. The lowest BCUT2D eigenvalue weighted by Crippen LogP contribution is -2.41. The number of ether oxygens (including phenoxy) is 1. The molecule has 2 unspecified atom stereocenters. The van der Waals surface area contributed by atoms with Crippen molar-refractivity contribution in [2.45, 2.75) is 50.7 Å². The summed E-state index contributed by atoms with van der Waals surface area (Å²) in [6.45, 7) is 3.01. The van der Waals surface area contributed by atoms with E-state index in [0.29, 0.717) is 12.5 Å². The molecule has 0 amide bonds. The first-order chi connectivity index (χ1) is 9.50. The number of hydrogen-bond acceptors (Lipinski definition) is 3. The largest absolute Gasteiger partial charge is 0.496 e. The number of methoxy groups -OCH3 is 1. The highest BCUT2D eigenvalue weighted by atomic mass is 79.9. The van der Waals surface area contributed by atoms with E-state index in [1.807, 2.05) is 25.1 Å². The van der Waals surface area contributed by atoms with Crippen LogP contribution >= 0.6 is 15.9 Å². The van der Waals surface area contributed by atoms with Gasteiger partial charge in [0.05, 0.1) is 17.2 Å². The molecule has 1 aromatic carbocycles. The van der Waals surface area contributed by atoms with Crippen LogP contribution in [0.4, 0.5) is 0 Å². The van der Waals surface area contributed by atoms with Crippen molar-refractivity contribution in [1.82, 2.24) is 5.32 Å². The van der Waals surface area contributed by atoms with Crippen LogP contribution in [0.5, 0.6) is 5.75 Å². The molecule has 0 radical (unpaired) electrons. The fraction of sp³-hybridized carbons (Fsp3) is 0.625. The molecule has 0 spiro atoms. The fourth-order valence-corrected chi connectivity index (χ4v) is 3.55. The molecule has 4 heteroatoms. The van der Waals surface area contributed by atoms with E-state index in [1.165, 1.54) is 19.3 Å². The summed E-state index contributed by atoms with van der Waals surface area (Å²) in [7, 11) is 1.66. The minimum atomic E-state index is -0.678. The van der Waals surface area contributed by atoms with Crippen molar-refractivity contribution in [2.75, 3.05) is 13.7 Å². The standard InChI is InChI=1S/C16H24BrNO2/c1-16(19,11-13-5-3-4-8-18-13)10-12-6-7-15(20-2)14(17)9-12/h6-7,9,13,18-19H,3-5,8,10-11H2,1-2H3. The molecule has 2 N–H and O–H groups in total. The van der Waals surface area contributed by atoms with E-state index in [0.717, 1.165) is 28.8 Å². The summed E-state index contributed by atoms with van der Waals surface area (Å²) >= 11 is 3.49. The Morgan fingerprint density at radius 3 is 2.85 bits per heavy atom. The number of aliphatic hydroxyl groups is 1. The second-order valence-corrected chi connectivity index (χ2v) is 6.85. The van der Waals surface area contributed by atoms with Crippen molar-refractivity contribution in [3.63, 3.8) is 0 Å². The van der Waals surface area contributed by atoms with Crippen LogP contribution in [0.25, 0.3) is 0 Å². The predicted octanol–water partition coefficient (Wildman–Crippen LogP) is 3.28. The van der Waals surface area contributed by atoms with Gasteiger partial charge in [-0.15, -0.1) is 0 Å². The van der Waals surface area contributed by atoms with E-state index in [4.69, 9.17) is 4.74 Å². The van der Waals surface area contributed by atoms with Crippen LogP contribution < -0.4 is 10.1 Å². The van der Waals surface area contributed by atoms with Gasteiger partial charge in [0, 0.05) is 12.5 Å². The molecule has 1 aromatic rings. The van der Waals surface area contributed by atoms with Crippen LogP contribution in [0.15, 0.2) is 22.7 Å². The average Bonchev–Trinajstić information content (AvgIpc) is 2.39. The van der Waals surface area contributed by atoms with Crippen molar-refractivity contribution in [2.24, 2.45) is 0 Å². The van der Waals surface area contributed by atoms with Crippen LogP contribution in [0.2, 0.25) is 0 Å². The third-order valence-electron chi connectivity index (χ3n) is 3.90. The Balaban J connectivity index is 1.97. The Kier molecular flexibility index (Phi) is 5.47. The van der Waals surface area contributed by atoms with Gasteiger partial charge < -0.3 is 15.2 Å². The Morgan fingerprint density at radius 1 is 1.45 bits per heavy atom. The number of rotatable bonds is 5. The highest BCUT2D eigenvalue weighted by molar-refractivity contribution is 9.10. The zero-order valence-electron chi connectivity index (χ0n) is 12.3. The molecule has 2 atom stereocenters. The smallest absolute Gasteiger partial charge is 0.133 e. The molecule has 1 aliphatic rings. The van der Waals surface area contributed by atoms with E-state index in [-0.39, 0.29) is 0 Å². The number of hydrogen-bond donors (Lipinski definition) is 2. The second kappa shape index (κ2) is 6.92. The maximum absolute atomic E-state index is 10.7. The lowest BCUT2D eigenvalue weighted by atomic mass is 9.87. The van der Waals surface area contributed by atoms with Crippen LogP contribution in [0, 0.1) is 0 Å². The maximum atomic E-state index is 10.7. The zero-order chi connectivity index (χ0) is 14.6. The molecule has 0 aliphatic carbocycles. The van der Waals surface area contributed by atoms with Crippen molar-refractivity contribution in [1.29, 1.82) is 0 Å². The molecule has 3 nitrogen and oxygen atoms in total.